The van der Waals surface area contributed by atoms with Gasteiger partial charge in [-0.25, -0.2) is 15.0 Å². The van der Waals surface area contributed by atoms with Crippen molar-refractivity contribution in [2.75, 3.05) is 11.9 Å². The quantitative estimate of drug-likeness (QED) is 0.126. The van der Waals surface area contributed by atoms with E-state index in [1.807, 2.05) is 0 Å². The average Bonchev–Trinajstić information content (AvgIpc) is 3.26. The normalized spacial score (nSPS) is 14.4. The number of thiophene rings is 1. The van der Waals surface area contributed by atoms with E-state index >= 15 is 0 Å². The first kappa shape index (κ1) is 28.2. The SMILES string of the molecule is CCOC(=O)c1c(NC(=O)C(=O)NN=Cc2ccc(OC(=O)c3ccc(Br)cc3)cc2)sc2c1CCC(C)C2. The van der Waals surface area contributed by atoms with Crippen LogP contribution in [0.3, 0.4) is 0 Å². The predicted octanol–water partition coefficient (Wildman–Crippen LogP) is 5.12. The van der Waals surface area contributed by atoms with Crippen LogP contribution in [0.2, 0.25) is 0 Å². The van der Waals surface area contributed by atoms with Crippen molar-refractivity contribution in [1.29, 1.82) is 0 Å². The molecule has 0 saturated carbocycles. The van der Waals surface area contributed by atoms with Crippen LogP contribution in [0.1, 0.15) is 57.0 Å². The van der Waals surface area contributed by atoms with Gasteiger partial charge in [0.15, 0.2) is 0 Å². The highest BCUT2D eigenvalue weighted by Gasteiger charge is 2.30. The van der Waals surface area contributed by atoms with Crippen molar-refractivity contribution >= 4 is 62.2 Å². The van der Waals surface area contributed by atoms with Gasteiger partial charge < -0.3 is 14.8 Å². The van der Waals surface area contributed by atoms with Crippen LogP contribution in [0.4, 0.5) is 5.00 Å². The molecule has 0 spiro atoms. The van der Waals surface area contributed by atoms with Crippen LogP contribution >= 0.6 is 27.3 Å². The molecule has 4 rings (SSSR count). The minimum absolute atomic E-state index is 0.205. The molecule has 0 aliphatic heterocycles. The second kappa shape index (κ2) is 12.8. The first-order valence-electron chi connectivity index (χ1n) is 12.3. The zero-order valence-electron chi connectivity index (χ0n) is 21.3. The molecular weight excluding hydrogens is 586 g/mol. The lowest BCUT2D eigenvalue weighted by molar-refractivity contribution is -0.136. The van der Waals surface area contributed by atoms with E-state index in [4.69, 9.17) is 9.47 Å². The van der Waals surface area contributed by atoms with Gasteiger partial charge in [-0.05, 0) is 91.8 Å². The van der Waals surface area contributed by atoms with Gasteiger partial charge in [-0.2, -0.15) is 5.10 Å². The third kappa shape index (κ3) is 7.18. The van der Waals surface area contributed by atoms with Crippen molar-refractivity contribution in [1.82, 2.24) is 5.43 Å². The number of ether oxygens (including phenoxy) is 2. The van der Waals surface area contributed by atoms with Gasteiger partial charge in [0.05, 0.1) is 23.9 Å². The van der Waals surface area contributed by atoms with Crippen molar-refractivity contribution in [3.8, 4) is 5.75 Å². The molecule has 0 fully saturated rings. The second-order valence-corrected chi connectivity index (χ2v) is 10.9. The monoisotopic (exact) mass is 611 g/mol. The van der Waals surface area contributed by atoms with Crippen LogP contribution in [0.15, 0.2) is 58.1 Å². The van der Waals surface area contributed by atoms with Gasteiger partial charge in [0, 0.05) is 9.35 Å². The van der Waals surface area contributed by atoms with Gasteiger partial charge in [0.25, 0.3) is 0 Å². The fourth-order valence-electron chi connectivity index (χ4n) is 4.01. The summed E-state index contributed by atoms with van der Waals surface area (Å²) in [5.41, 5.74) is 4.41. The Balaban J connectivity index is 1.34. The average molecular weight is 613 g/mol. The highest BCUT2D eigenvalue weighted by Crippen LogP contribution is 2.40. The summed E-state index contributed by atoms with van der Waals surface area (Å²) in [4.78, 5) is 50.8. The molecule has 39 heavy (non-hydrogen) atoms. The first-order valence-corrected chi connectivity index (χ1v) is 13.9. The smallest absolute Gasteiger partial charge is 0.343 e. The fraction of sp³-hybridized carbons (Fsp3) is 0.250. The lowest BCUT2D eigenvalue weighted by atomic mass is 9.88. The third-order valence-corrected chi connectivity index (χ3v) is 7.67. The maximum Gasteiger partial charge on any atom is 0.343 e. The van der Waals surface area contributed by atoms with Gasteiger partial charge in [-0.3, -0.25) is 9.59 Å². The topological polar surface area (TPSA) is 123 Å². The highest BCUT2D eigenvalue weighted by atomic mass is 79.9. The van der Waals surface area contributed by atoms with E-state index in [-0.39, 0.29) is 6.61 Å². The highest BCUT2D eigenvalue weighted by molar-refractivity contribution is 9.10. The molecule has 2 aromatic carbocycles. The molecular formula is C28H26BrN3O6S. The first-order chi connectivity index (χ1) is 18.7. The zero-order chi connectivity index (χ0) is 27.9. The van der Waals surface area contributed by atoms with Crippen LogP contribution in [0.25, 0.3) is 0 Å². The van der Waals surface area contributed by atoms with Gasteiger partial charge in [-0.15, -0.1) is 11.3 Å². The molecule has 9 nitrogen and oxygen atoms in total. The molecule has 2 N–H and O–H groups in total. The number of amides is 2. The lowest BCUT2D eigenvalue weighted by Crippen LogP contribution is -2.32. The number of fused-ring (bicyclic) bond motifs is 1. The summed E-state index contributed by atoms with van der Waals surface area (Å²) in [6.45, 7) is 4.06. The number of hydrogen-bond donors (Lipinski definition) is 2. The largest absolute Gasteiger partial charge is 0.462 e. The van der Waals surface area contributed by atoms with Crippen LogP contribution in [0.5, 0.6) is 5.75 Å². The Bertz CT molecular complexity index is 1420. The molecule has 0 radical (unpaired) electrons. The van der Waals surface area contributed by atoms with Crippen LogP contribution in [0, 0.1) is 5.92 Å². The number of rotatable bonds is 7. The fourth-order valence-corrected chi connectivity index (χ4v) is 5.67. The van der Waals surface area contributed by atoms with Crippen molar-refractivity contribution < 1.29 is 28.7 Å². The van der Waals surface area contributed by atoms with Crippen molar-refractivity contribution in [2.45, 2.75) is 33.1 Å². The number of carbonyl (C=O) groups is 4. The Labute approximate surface area is 237 Å². The Morgan fingerprint density at radius 2 is 1.77 bits per heavy atom. The molecule has 3 aromatic rings. The van der Waals surface area contributed by atoms with Crippen LogP contribution < -0.4 is 15.5 Å². The molecule has 2 amide bonds. The number of esters is 2. The number of carbonyl (C=O) groups excluding carboxylic acids is 4. The summed E-state index contributed by atoms with van der Waals surface area (Å²) < 4.78 is 11.4. The van der Waals surface area contributed by atoms with Crippen molar-refractivity contribution in [3.05, 3.63) is 80.1 Å². The standard InChI is InChI=1S/C28H26BrN3O6S/c1-3-37-28(36)23-21-13-4-16(2)14-22(21)39-26(23)31-24(33)25(34)32-30-15-17-5-11-20(12-6-17)38-27(35)18-7-9-19(29)10-8-18/h5-12,15-16H,3-4,13-14H2,1-2H3,(H,31,33)(H,32,34). The minimum Gasteiger partial charge on any atom is -0.462 e. The number of hydrazone groups is 1. The Hall–Kier alpha value is -3.83. The van der Waals surface area contributed by atoms with Crippen LogP contribution in [-0.2, 0) is 27.2 Å². The molecule has 0 saturated heterocycles. The van der Waals surface area contributed by atoms with E-state index in [2.05, 4.69) is 38.7 Å². The van der Waals surface area contributed by atoms with Gasteiger partial charge >= 0.3 is 23.8 Å². The molecule has 1 heterocycles. The van der Waals surface area contributed by atoms with Crippen molar-refractivity contribution in [3.63, 3.8) is 0 Å². The molecule has 0 bridgehead atoms. The number of nitrogens with one attached hydrogen (secondary N) is 2. The van der Waals surface area contributed by atoms with E-state index in [9.17, 15) is 19.2 Å². The predicted molar refractivity (Wildman–Crippen MR) is 151 cm³/mol. The van der Waals surface area contributed by atoms with Gasteiger partial charge in [0.2, 0.25) is 0 Å². The van der Waals surface area contributed by atoms with Gasteiger partial charge in [-0.1, -0.05) is 22.9 Å². The Kier molecular flexibility index (Phi) is 9.26. The maximum atomic E-state index is 12.6. The summed E-state index contributed by atoms with van der Waals surface area (Å²) in [7, 11) is 0. The van der Waals surface area contributed by atoms with Gasteiger partial charge in [0.1, 0.15) is 10.8 Å². The van der Waals surface area contributed by atoms with Crippen molar-refractivity contribution in [2.24, 2.45) is 11.0 Å². The number of nitrogens with zero attached hydrogens (tertiary/aromatic N) is 1. The Morgan fingerprint density at radius 1 is 1.05 bits per heavy atom. The molecule has 202 valence electrons. The number of halogens is 1. The Morgan fingerprint density at radius 3 is 2.46 bits per heavy atom. The lowest BCUT2D eigenvalue weighted by Gasteiger charge is -2.18. The molecule has 11 heteroatoms. The summed E-state index contributed by atoms with van der Waals surface area (Å²) >= 11 is 4.62. The molecule has 1 atom stereocenters. The van der Waals surface area contributed by atoms with E-state index < -0.39 is 23.8 Å². The maximum absolute atomic E-state index is 12.6. The van der Waals surface area contributed by atoms with E-state index in [0.29, 0.717) is 33.4 Å². The number of hydrogen-bond acceptors (Lipinski definition) is 8. The molecule has 1 aliphatic carbocycles. The number of anilines is 1. The summed E-state index contributed by atoms with van der Waals surface area (Å²) in [6, 6.07) is 13.3. The second-order valence-electron chi connectivity index (χ2n) is 8.90. The van der Waals surface area contributed by atoms with E-state index in [1.54, 1.807) is 55.5 Å². The van der Waals surface area contributed by atoms with E-state index in [0.717, 1.165) is 34.2 Å². The zero-order valence-corrected chi connectivity index (χ0v) is 23.7. The minimum atomic E-state index is -0.985. The third-order valence-electron chi connectivity index (χ3n) is 5.97. The van der Waals surface area contributed by atoms with Crippen LogP contribution in [-0.4, -0.2) is 36.6 Å². The summed E-state index contributed by atoms with van der Waals surface area (Å²) in [5.74, 6) is -2.12. The molecule has 1 aliphatic rings. The van der Waals surface area contributed by atoms with E-state index in [1.165, 1.54) is 17.6 Å². The molecule has 1 unspecified atom stereocenters. The molecule has 1 aromatic heterocycles. The summed E-state index contributed by atoms with van der Waals surface area (Å²) in [6.07, 6.45) is 3.81. The summed E-state index contributed by atoms with van der Waals surface area (Å²) in [5, 5.41) is 6.69. The number of benzene rings is 2.